The van der Waals surface area contributed by atoms with Gasteiger partial charge in [0.05, 0.1) is 5.41 Å². The van der Waals surface area contributed by atoms with Crippen molar-refractivity contribution in [2.45, 2.75) is 24.7 Å². The molecule has 12 heavy (non-hydrogen) atoms. The van der Waals surface area contributed by atoms with Gasteiger partial charge in [0, 0.05) is 12.4 Å². The van der Waals surface area contributed by atoms with Crippen LogP contribution in [0.1, 0.15) is 24.8 Å². The monoisotopic (exact) mass is 165 g/mol. The van der Waals surface area contributed by atoms with Crippen LogP contribution < -0.4 is 0 Å². The smallest absolute Gasteiger partial charge is 0.314 e. The van der Waals surface area contributed by atoms with Gasteiger partial charge < -0.3 is 10.1 Å². The molecule has 0 atom stereocenters. The molecule has 1 aliphatic carbocycles. The predicted octanol–water partition coefficient (Wildman–Crippen LogP) is 1.52. The van der Waals surface area contributed by atoms with E-state index in [1.807, 2.05) is 6.07 Å². The van der Waals surface area contributed by atoms with E-state index in [4.69, 9.17) is 5.11 Å². The summed E-state index contributed by atoms with van der Waals surface area (Å²) in [5.74, 6) is -0.687. The highest BCUT2D eigenvalue weighted by Crippen LogP contribution is 2.43. The van der Waals surface area contributed by atoms with E-state index in [-0.39, 0.29) is 0 Å². The van der Waals surface area contributed by atoms with Crippen LogP contribution in [0.3, 0.4) is 0 Å². The van der Waals surface area contributed by atoms with E-state index in [1.54, 1.807) is 12.4 Å². The summed E-state index contributed by atoms with van der Waals surface area (Å²) in [7, 11) is 0. The van der Waals surface area contributed by atoms with Gasteiger partial charge in [-0.1, -0.05) is 6.42 Å². The van der Waals surface area contributed by atoms with Crippen LogP contribution >= 0.6 is 0 Å². The molecule has 2 N–H and O–H groups in total. The fraction of sp³-hybridized carbons (Fsp3) is 0.444. The molecule has 0 saturated heterocycles. The first-order valence-electron chi connectivity index (χ1n) is 4.12. The number of carboxylic acid groups (broad SMARTS) is 1. The van der Waals surface area contributed by atoms with Gasteiger partial charge in [0.1, 0.15) is 0 Å². The van der Waals surface area contributed by atoms with E-state index in [2.05, 4.69) is 4.98 Å². The fourth-order valence-electron chi connectivity index (χ4n) is 1.78. The van der Waals surface area contributed by atoms with E-state index >= 15 is 0 Å². The van der Waals surface area contributed by atoms with Gasteiger partial charge in [0.25, 0.3) is 0 Å². The zero-order valence-electron chi connectivity index (χ0n) is 6.71. The summed E-state index contributed by atoms with van der Waals surface area (Å²) in [6.07, 6.45) is 6.14. The number of H-pyrrole nitrogens is 1. The first kappa shape index (κ1) is 7.40. The van der Waals surface area contributed by atoms with Crippen LogP contribution in [0.5, 0.6) is 0 Å². The molecule has 3 nitrogen and oxygen atoms in total. The van der Waals surface area contributed by atoms with Crippen molar-refractivity contribution >= 4 is 5.97 Å². The Bertz CT molecular complexity index is 285. The topological polar surface area (TPSA) is 53.1 Å². The van der Waals surface area contributed by atoms with Gasteiger partial charge in [-0.25, -0.2) is 0 Å². The Hall–Kier alpha value is -1.25. The number of aromatic nitrogens is 1. The van der Waals surface area contributed by atoms with Gasteiger partial charge in [-0.05, 0) is 24.5 Å². The zero-order chi connectivity index (χ0) is 8.60. The third kappa shape index (κ3) is 0.793. The molecule has 2 rings (SSSR count). The maximum Gasteiger partial charge on any atom is 0.314 e. The molecular formula is C9H11NO2. The van der Waals surface area contributed by atoms with Crippen LogP contribution in [-0.2, 0) is 10.2 Å². The zero-order valence-corrected chi connectivity index (χ0v) is 6.71. The molecule has 1 aromatic rings. The molecule has 3 heteroatoms. The van der Waals surface area contributed by atoms with E-state index in [1.165, 1.54) is 0 Å². The number of hydrogen-bond donors (Lipinski definition) is 2. The van der Waals surface area contributed by atoms with Crippen molar-refractivity contribution in [3.63, 3.8) is 0 Å². The number of aromatic amines is 1. The minimum atomic E-state index is -0.687. The van der Waals surface area contributed by atoms with Crippen LogP contribution in [0.4, 0.5) is 0 Å². The van der Waals surface area contributed by atoms with Crippen molar-refractivity contribution in [2.24, 2.45) is 0 Å². The van der Waals surface area contributed by atoms with Gasteiger partial charge in [0.15, 0.2) is 0 Å². The summed E-state index contributed by atoms with van der Waals surface area (Å²) < 4.78 is 0. The lowest BCUT2D eigenvalue weighted by atomic mass is 9.65. The van der Waals surface area contributed by atoms with Crippen molar-refractivity contribution < 1.29 is 9.90 Å². The third-order valence-corrected chi connectivity index (χ3v) is 2.77. The first-order chi connectivity index (χ1) is 5.76. The summed E-state index contributed by atoms with van der Waals surface area (Å²) in [4.78, 5) is 13.9. The van der Waals surface area contributed by atoms with Gasteiger partial charge >= 0.3 is 5.97 Å². The number of carboxylic acids is 1. The van der Waals surface area contributed by atoms with Crippen molar-refractivity contribution in [1.82, 2.24) is 4.98 Å². The normalized spacial score (nSPS) is 20.0. The Morgan fingerprint density at radius 2 is 2.33 bits per heavy atom. The molecule has 1 aliphatic rings. The highest BCUT2D eigenvalue weighted by Gasteiger charge is 2.46. The molecule has 0 aromatic carbocycles. The first-order valence-corrected chi connectivity index (χ1v) is 4.12. The SMILES string of the molecule is O=C(O)C1(c2cc[nH]c2)CCC1. The van der Waals surface area contributed by atoms with Crippen molar-refractivity contribution in [2.75, 3.05) is 0 Å². The quantitative estimate of drug-likeness (QED) is 0.698. The largest absolute Gasteiger partial charge is 0.481 e. The molecule has 0 spiro atoms. The molecule has 0 amide bonds. The number of hydrogen-bond acceptors (Lipinski definition) is 1. The molecule has 0 unspecified atom stereocenters. The van der Waals surface area contributed by atoms with Crippen LogP contribution in [-0.4, -0.2) is 16.1 Å². The van der Waals surface area contributed by atoms with E-state index < -0.39 is 11.4 Å². The second kappa shape index (κ2) is 2.37. The summed E-state index contributed by atoms with van der Waals surface area (Å²) >= 11 is 0. The fourth-order valence-corrected chi connectivity index (χ4v) is 1.78. The van der Waals surface area contributed by atoms with Crippen molar-refractivity contribution in [3.8, 4) is 0 Å². The highest BCUT2D eigenvalue weighted by molar-refractivity contribution is 5.82. The summed E-state index contributed by atoms with van der Waals surface area (Å²) in [6.45, 7) is 0. The Labute approximate surface area is 70.4 Å². The Morgan fingerprint density at radius 1 is 1.58 bits per heavy atom. The molecule has 0 bridgehead atoms. The predicted molar refractivity (Wildman–Crippen MR) is 44.0 cm³/mol. The lowest BCUT2D eigenvalue weighted by molar-refractivity contribution is -0.147. The molecule has 1 saturated carbocycles. The molecular weight excluding hydrogens is 154 g/mol. The Kier molecular flexibility index (Phi) is 1.46. The summed E-state index contributed by atoms with van der Waals surface area (Å²) in [5, 5.41) is 9.04. The second-order valence-electron chi connectivity index (χ2n) is 3.34. The third-order valence-electron chi connectivity index (χ3n) is 2.77. The van der Waals surface area contributed by atoms with Gasteiger partial charge in [-0.3, -0.25) is 4.79 Å². The highest BCUT2D eigenvalue weighted by atomic mass is 16.4. The molecule has 1 fully saturated rings. The van der Waals surface area contributed by atoms with Crippen LogP contribution in [0.15, 0.2) is 18.5 Å². The molecule has 0 aliphatic heterocycles. The number of nitrogens with one attached hydrogen (secondary N) is 1. The number of aliphatic carboxylic acids is 1. The Morgan fingerprint density at radius 3 is 2.67 bits per heavy atom. The van der Waals surface area contributed by atoms with Crippen LogP contribution in [0.2, 0.25) is 0 Å². The standard InChI is InChI=1S/C9H11NO2/c11-8(12)9(3-1-4-9)7-2-5-10-6-7/h2,5-6,10H,1,3-4H2,(H,11,12). The van der Waals surface area contributed by atoms with Gasteiger partial charge in [-0.15, -0.1) is 0 Å². The second-order valence-corrected chi connectivity index (χ2v) is 3.34. The summed E-state index contributed by atoms with van der Waals surface area (Å²) in [6, 6.07) is 1.85. The lowest BCUT2D eigenvalue weighted by Gasteiger charge is -2.37. The van der Waals surface area contributed by atoms with E-state index in [0.717, 1.165) is 24.8 Å². The molecule has 1 aromatic heterocycles. The van der Waals surface area contributed by atoms with Crippen molar-refractivity contribution in [1.29, 1.82) is 0 Å². The lowest BCUT2D eigenvalue weighted by Crippen LogP contribution is -2.41. The van der Waals surface area contributed by atoms with Gasteiger partial charge in [0.2, 0.25) is 0 Å². The number of carbonyl (C=O) groups is 1. The van der Waals surface area contributed by atoms with Crippen molar-refractivity contribution in [3.05, 3.63) is 24.0 Å². The summed E-state index contributed by atoms with van der Waals surface area (Å²) in [5.41, 5.74) is 0.348. The van der Waals surface area contributed by atoms with Crippen LogP contribution in [0.25, 0.3) is 0 Å². The average molecular weight is 165 g/mol. The molecule has 1 heterocycles. The molecule has 64 valence electrons. The molecule has 0 radical (unpaired) electrons. The van der Waals surface area contributed by atoms with Crippen LogP contribution in [0, 0.1) is 0 Å². The Balaban J connectivity index is 2.35. The van der Waals surface area contributed by atoms with E-state index in [0.29, 0.717) is 0 Å². The van der Waals surface area contributed by atoms with Gasteiger partial charge in [-0.2, -0.15) is 0 Å². The minimum absolute atomic E-state index is 0.569. The maximum absolute atomic E-state index is 11.0. The minimum Gasteiger partial charge on any atom is -0.481 e. The average Bonchev–Trinajstić information content (AvgIpc) is 2.35. The number of rotatable bonds is 2. The van der Waals surface area contributed by atoms with E-state index in [9.17, 15) is 4.79 Å². The maximum atomic E-state index is 11.0.